The van der Waals surface area contributed by atoms with Gasteiger partial charge >= 0.3 is 0 Å². The van der Waals surface area contributed by atoms with E-state index >= 15 is 0 Å². The van der Waals surface area contributed by atoms with E-state index in [1.54, 1.807) is 24.5 Å². The Morgan fingerprint density at radius 1 is 1.13 bits per heavy atom. The molecule has 1 aliphatic rings. The molecule has 30 heavy (non-hydrogen) atoms. The van der Waals surface area contributed by atoms with Gasteiger partial charge < -0.3 is 5.32 Å². The number of carbonyl (C=O) groups is 1. The molecule has 0 unspecified atom stereocenters. The third kappa shape index (κ3) is 4.20. The quantitative estimate of drug-likeness (QED) is 0.594. The molecular weight excluding hydrogens is 414 g/mol. The number of fused-ring (bicyclic) bond motifs is 1. The number of thiophene rings is 1. The van der Waals surface area contributed by atoms with Gasteiger partial charge in [0.25, 0.3) is 0 Å². The molecule has 3 aromatic rings. The summed E-state index contributed by atoms with van der Waals surface area (Å²) in [4.78, 5) is 22.3. The lowest BCUT2D eigenvalue weighted by Crippen LogP contribution is -2.14. The van der Waals surface area contributed by atoms with E-state index in [4.69, 9.17) is 0 Å². The Morgan fingerprint density at radius 3 is 2.70 bits per heavy atom. The van der Waals surface area contributed by atoms with Crippen molar-refractivity contribution in [3.05, 3.63) is 58.2 Å². The molecule has 0 aliphatic heterocycles. The van der Waals surface area contributed by atoms with Crippen molar-refractivity contribution in [1.29, 1.82) is 10.5 Å². The van der Waals surface area contributed by atoms with E-state index in [1.165, 1.54) is 28.0 Å². The fraction of sp³-hybridized carbons (Fsp3) is 0.227. The number of carbonyl (C=O) groups excluding carboxylic acids is 1. The van der Waals surface area contributed by atoms with E-state index in [0.717, 1.165) is 42.5 Å². The summed E-state index contributed by atoms with van der Waals surface area (Å²) in [6.45, 7) is 0. The minimum atomic E-state index is -0.213. The monoisotopic (exact) mass is 431 g/mol. The van der Waals surface area contributed by atoms with E-state index in [9.17, 15) is 15.3 Å². The Bertz CT molecular complexity index is 1170. The fourth-order valence-electron chi connectivity index (χ4n) is 3.39. The number of nitrogens with one attached hydrogen (secondary N) is 1. The molecule has 6 nitrogen and oxygen atoms in total. The van der Waals surface area contributed by atoms with Gasteiger partial charge in [0.2, 0.25) is 5.91 Å². The molecular formula is C22H17N5OS2. The van der Waals surface area contributed by atoms with Crippen LogP contribution in [0.5, 0.6) is 0 Å². The second-order valence-corrected chi connectivity index (χ2v) is 8.83. The van der Waals surface area contributed by atoms with E-state index in [2.05, 4.69) is 27.4 Å². The first kappa shape index (κ1) is 20.1. The molecule has 4 rings (SSSR count). The molecule has 3 heterocycles. The van der Waals surface area contributed by atoms with Gasteiger partial charge in [0.15, 0.2) is 0 Å². The molecule has 1 N–H and O–H groups in total. The van der Waals surface area contributed by atoms with Crippen molar-refractivity contribution in [2.75, 3.05) is 11.1 Å². The maximum atomic E-state index is 12.6. The van der Waals surface area contributed by atoms with Gasteiger partial charge in [-0.15, -0.1) is 11.3 Å². The first-order valence-electron chi connectivity index (χ1n) is 9.48. The molecule has 3 aromatic heterocycles. The van der Waals surface area contributed by atoms with Crippen LogP contribution >= 0.6 is 23.1 Å². The highest BCUT2D eigenvalue weighted by molar-refractivity contribution is 8.00. The molecule has 0 radical (unpaired) electrons. The zero-order chi connectivity index (χ0) is 20.9. The molecule has 0 bridgehead atoms. The highest BCUT2D eigenvalue weighted by Gasteiger charge is 2.22. The summed E-state index contributed by atoms with van der Waals surface area (Å²) >= 11 is 2.72. The van der Waals surface area contributed by atoms with Gasteiger partial charge in [-0.2, -0.15) is 10.5 Å². The Labute approximate surface area is 182 Å². The minimum Gasteiger partial charge on any atom is -0.316 e. The Balaban J connectivity index is 1.49. The summed E-state index contributed by atoms with van der Waals surface area (Å²) in [5, 5.41) is 23.0. The zero-order valence-corrected chi connectivity index (χ0v) is 17.6. The van der Waals surface area contributed by atoms with Crippen LogP contribution in [0.25, 0.3) is 11.3 Å². The molecule has 0 atom stereocenters. The van der Waals surface area contributed by atoms with Crippen LogP contribution in [0.2, 0.25) is 0 Å². The number of rotatable bonds is 5. The Kier molecular flexibility index (Phi) is 6.08. The van der Waals surface area contributed by atoms with Crippen LogP contribution in [-0.4, -0.2) is 21.6 Å². The van der Waals surface area contributed by atoms with Crippen molar-refractivity contribution in [2.45, 2.75) is 30.7 Å². The van der Waals surface area contributed by atoms with Crippen LogP contribution < -0.4 is 5.32 Å². The van der Waals surface area contributed by atoms with Crippen molar-refractivity contribution in [1.82, 2.24) is 9.97 Å². The first-order chi connectivity index (χ1) is 14.7. The maximum Gasteiger partial charge on any atom is 0.235 e. The number of aromatic nitrogens is 2. The van der Waals surface area contributed by atoms with E-state index in [0.29, 0.717) is 21.2 Å². The van der Waals surface area contributed by atoms with Crippen LogP contribution in [0.1, 0.15) is 34.4 Å². The minimum absolute atomic E-state index is 0.106. The molecule has 0 spiro atoms. The maximum absolute atomic E-state index is 12.6. The van der Waals surface area contributed by atoms with Crippen molar-refractivity contribution >= 4 is 34.0 Å². The standard InChI is InChI=1S/C22H17N5OS2/c23-11-15-5-6-18(14-7-9-25-10-8-14)26-21(15)29-13-20(28)27-22-17(12-24)16-3-1-2-4-19(16)30-22/h5-10H,1-4,13H2,(H,27,28). The lowest BCUT2D eigenvalue weighted by atomic mass is 9.96. The largest absolute Gasteiger partial charge is 0.316 e. The van der Waals surface area contributed by atoms with Crippen LogP contribution in [0.3, 0.4) is 0 Å². The number of pyridine rings is 2. The summed E-state index contributed by atoms with van der Waals surface area (Å²) in [6.07, 6.45) is 7.44. The number of nitrogens with zero attached hydrogens (tertiary/aromatic N) is 4. The number of amides is 1. The smallest absolute Gasteiger partial charge is 0.235 e. The second-order valence-electron chi connectivity index (χ2n) is 6.76. The van der Waals surface area contributed by atoms with Crippen LogP contribution in [0.15, 0.2) is 41.7 Å². The second kappa shape index (κ2) is 9.08. The predicted octanol–water partition coefficient (Wildman–Crippen LogP) is 4.56. The third-order valence-electron chi connectivity index (χ3n) is 4.83. The molecule has 1 aliphatic carbocycles. The first-order valence-corrected chi connectivity index (χ1v) is 11.3. The average molecular weight is 432 g/mol. The van der Waals surface area contributed by atoms with Crippen LogP contribution in [0.4, 0.5) is 5.00 Å². The van der Waals surface area contributed by atoms with Gasteiger partial charge in [-0.25, -0.2) is 4.98 Å². The number of thioether (sulfide) groups is 1. The zero-order valence-electron chi connectivity index (χ0n) is 16.0. The molecule has 0 aromatic carbocycles. The van der Waals surface area contributed by atoms with E-state index < -0.39 is 0 Å². The lowest BCUT2D eigenvalue weighted by molar-refractivity contribution is -0.113. The fourth-order valence-corrected chi connectivity index (χ4v) is 5.42. The topological polar surface area (TPSA) is 102 Å². The van der Waals surface area contributed by atoms with Crippen molar-refractivity contribution in [3.8, 4) is 23.4 Å². The normalized spacial score (nSPS) is 12.5. The van der Waals surface area contributed by atoms with Crippen molar-refractivity contribution in [2.24, 2.45) is 0 Å². The van der Waals surface area contributed by atoms with Gasteiger partial charge in [0, 0.05) is 22.8 Å². The van der Waals surface area contributed by atoms with Gasteiger partial charge in [-0.3, -0.25) is 9.78 Å². The van der Waals surface area contributed by atoms with Gasteiger partial charge in [-0.1, -0.05) is 11.8 Å². The number of aryl methyl sites for hydroxylation is 1. The van der Waals surface area contributed by atoms with Crippen molar-refractivity contribution < 1.29 is 4.79 Å². The van der Waals surface area contributed by atoms with E-state index in [1.807, 2.05) is 12.1 Å². The summed E-state index contributed by atoms with van der Waals surface area (Å²) in [7, 11) is 0. The number of nitriles is 2. The number of anilines is 1. The summed E-state index contributed by atoms with van der Waals surface area (Å²) in [5.41, 5.74) is 3.73. The Morgan fingerprint density at radius 2 is 1.93 bits per heavy atom. The van der Waals surface area contributed by atoms with Gasteiger partial charge in [0.05, 0.1) is 22.6 Å². The lowest BCUT2D eigenvalue weighted by Gasteiger charge is -2.09. The molecule has 148 valence electrons. The molecule has 1 amide bonds. The molecule has 0 saturated heterocycles. The predicted molar refractivity (Wildman–Crippen MR) is 117 cm³/mol. The molecule has 0 saturated carbocycles. The van der Waals surface area contributed by atoms with Gasteiger partial charge in [0.1, 0.15) is 22.2 Å². The summed E-state index contributed by atoms with van der Waals surface area (Å²) in [6, 6.07) is 11.6. The molecule has 0 fully saturated rings. The van der Waals surface area contributed by atoms with Gasteiger partial charge in [-0.05, 0) is 55.5 Å². The SMILES string of the molecule is N#Cc1ccc(-c2ccncc2)nc1SCC(=O)Nc1sc2c(c1C#N)CCCC2. The summed E-state index contributed by atoms with van der Waals surface area (Å²) < 4.78 is 0. The highest BCUT2D eigenvalue weighted by Crippen LogP contribution is 2.37. The third-order valence-corrected chi connectivity index (χ3v) is 7.03. The highest BCUT2D eigenvalue weighted by atomic mass is 32.2. The average Bonchev–Trinajstić information content (AvgIpc) is 3.14. The van der Waals surface area contributed by atoms with Crippen LogP contribution in [-0.2, 0) is 17.6 Å². The van der Waals surface area contributed by atoms with E-state index in [-0.39, 0.29) is 11.7 Å². The van der Waals surface area contributed by atoms with Crippen molar-refractivity contribution in [3.63, 3.8) is 0 Å². The summed E-state index contributed by atoms with van der Waals surface area (Å²) in [5.74, 6) is -0.107. The number of hydrogen-bond acceptors (Lipinski definition) is 7. The van der Waals surface area contributed by atoms with Crippen LogP contribution in [0, 0.1) is 22.7 Å². The molecule has 8 heteroatoms. The Hall–Kier alpha value is -3.20. The number of hydrogen-bond donors (Lipinski definition) is 1.